The molecule has 0 amide bonds. The monoisotopic (exact) mass is 297 g/mol. The first-order chi connectivity index (χ1) is 9.96. The van der Waals surface area contributed by atoms with Crippen LogP contribution < -0.4 is 4.90 Å². The molecular formula is C13H19N3O5. The van der Waals surface area contributed by atoms with Gasteiger partial charge >= 0.3 is 5.97 Å². The minimum Gasteiger partial charge on any atom is -0.478 e. The number of hydrogen-bond donors (Lipinski definition) is 2. The van der Waals surface area contributed by atoms with Crippen molar-refractivity contribution in [3.8, 4) is 0 Å². The SMILES string of the molecule is CCC(CC)N(CCO)c1ncc([N+](=O)[O-])cc1C(=O)O. The second kappa shape index (κ2) is 7.53. The number of aliphatic hydroxyl groups is 1. The average Bonchev–Trinajstić information content (AvgIpc) is 2.46. The first-order valence-corrected chi connectivity index (χ1v) is 6.71. The molecule has 1 rings (SSSR count). The predicted molar refractivity (Wildman–Crippen MR) is 76.7 cm³/mol. The number of aromatic carboxylic acids is 1. The van der Waals surface area contributed by atoms with E-state index in [0.717, 1.165) is 25.1 Å². The Morgan fingerprint density at radius 1 is 1.48 bits per heavy atom. The fourth-order valence-corrected chi connectivity index (χ4v) is 2.23. The van der Waals surface area contributed by atoms with Crippen molar-refractivity contribution in [2.75, 3.05) is 18.1 Å². The number of carboxylic acid groups (broad SMARTS) is 1. The summed E-state index contributed by atoms with van der Waals surface area (Å²) in [5.41, 5.74) is -0.603. The highest BCUT2D eigenvalue weighted by atomic mass is 16.6. The number of anilines is 1. The zero-order valence-corrected chi connectivity index (χ0v) is 12.0. The third kappa shape index (κ3) is 3.88. The number of nitrogens with zero attached hydrogens (tertiary/aromatic N) is 3. The minimum absolute atomic E-state index is 0.00389. The van der Waals surface area contributed by atoms with E-state index in [9.17, 15) is 25.1 Å². The van der Waals surface area contributed by atoms with Gasteiger partial charge in [0.2, 0.25) is 0 Å². The van der Waals surface area contributed by atoms with Gasteiger partial charge in [-0.1, -0.05) is 13.8 Å². The maximum absolute atomic E-state index is 11.4. The summed E-state index contributed by atoms with van der Waals surface area (Å²) in [4.78, 5) is 27.1. The maximum atomic E-state index is 11.4. The van der Waals surface area contributed by atoms with Crippen LogP contribution in [0.25, 0.3) is 0 Å². The van der Waals surface area contributed by atoms with Crippen LogP contribution in [0.5, 0.6) is 0 Å². The lowest BCUT2D eigenvalue weighted by Gasteiger charge is -2.31. The molecule has 0 aliphatic heterocycles. The van der Waals surface area contributed by atoms with E-state index in [0.29, 0.717) is 0 Å². The van der Waals surface area contributed by atoms with E-state index in [1.165, 1.54) is 0 Å². The molecule has 1 aromatic heterocycles. The van der Waals surface area contributed by atoms with Crippen LogP contribution in [-0.2, 0) is 0 Å². The largest absolute Gasteiger partial charge is 0.478 e. The number of aromatic nitrogens is 1. The lowest BCUT2D eigenvalue weighted by Crippen LogP contribution is -2.38. The van der Waals surface area contributed by atoms with Crippen LogP contribution >= 0.6 is 0 Å². The van der Waals surface area contributed by atoms with Crippen LogP contribution in [0, 0.1) is 10.1 Å². The molecule has 0 unspecified atom stereocenters. The Labute approximate surface area is 122 Å². The van der Waals surface area contributed by atoms with Crippen molar-refractivity contribution in [2.45, 2.75) is 32.7 Å². The van der Waals surface area contributed by atoms with E-state index in [1.54, 1.807) is 4.90 Å². The molecule has 8 nitrogen and oxygen atoms in total. The van der Waals surface area contributed by atoms with Crippen molar-refractivity contribution in [1.29, 1.82) is 0 Å². The smallest absolute Gasteiger partial charge is 0.339 e. The van der Waals surface area contributed by atoms with Crippen molar-refractivity contribution in [1.82, 2.24) is 4.98 Å². The van der Waals surface area contributed by atoms with Gasteiger partial charge in [-0.05, 0) is 12.8 Å². The molecule has 116 valence electrons. The normalized spacial score (nSPS) is 10.7. The molecule has 1 aromatic rings. The van der Waals surface area contributed by atoms with Crippen LogP contribution in [0.4, 0.5) is 11.5 Å². The number of carbonyl (C=O) groups is 1. The second-order valence-electron chi connectivity index (χ2n) is 4.51. The van der Waals surface area contributed by atoms with Gasteiger partial charge in [-0.2, -0.15) is 0 Å². The summed E-state index contributed by atoms with van der Waals surface area (Å²) in [7, 11) is 0. The maximum Gasteiger partial charge on any atom is 0.339 e. The van der Waals surface area contributed by atoms with Gasteiger partial charge in [-0.15, -0.1) is 0 Å². The minimum atomic E-state index is -1.28. The summed E-state index contributed by atoms with van der Waals surface area (Å²) < 4.78 is 0. The third-order valence-electron chi connectivity index (χ3n) is 3.29. The highest BCUT2D eigenvalue weighted by molar-refractivity contribution is 5.94. The Balaban J connectivity index is 3.35. The molecule has 0 saturated carbocycles. The Hall–Kier alpha value is -2.22. The number of rotatable bonds is 8. The summed E-state index contributed by atoms with van der Waals surface area (Å²) in [6, 6.07) is 1.00. The second-order valence-corrected chi connectivity index (χ2v) is 4.51. The summed E-state index contributed by atoms with van der Waals surface area (Å²) in [5, 5.41) is 29.2. The van der Waals surface area contributed by atoms with Gasteiger partial charge in [0.25, 0.3) is 5.69 Å². The Kier molecular flexibility index (Phi) is 6.04. The van der Waals surface area contributed by atoms with Gasteiger partial charge in [0.15, 0.2) is 0 Å². The first kappa shape index (κ1) is 16.8. The summed E-state index contributed by atoms with van der Waals surface area (Å²) in [5.74, 6) is -1.13. The molecule has 2 N–H and O–H groups in total. The molecule has 0 atom stereocenters. The lowest BCUT2D eigenvalue weighted by molar-refractivity contribution is -0.385. The average molecular weight is 297 g/mol. The number of pyridine rings is 1. The molecule has 0 aliphatic carbocycles. The van der Waals surface area contributed by atoms with Gasteiger partial charge in [0.1, 0.15) is 17.6 Å². The van der Waals surface area contributed by atoms with Crippen molar-refractivity contribution >= 4 is 17.5 Å². The Morgan fingerprint density at radius 3 is 2.52 bits per heavy atom. The molecule has 0 radical (unpaired) electrons. The van der Waals surface area contributed by atoms with Crippen molar-refractivity contribution < 1.29 is 19.9 Å². The van der Waals surface area contributed by atoms with E-state index >= 15 is 0 Å². The van der Waals surface area contributed by atoms with E-state index in [1.807, 2.05) is 13.8 Å². The van der Waals surface area contributed by atoms with E-state index < -0.39 is 10.9 Å². The van der Waals surface area contributed by atoms with Gasteiger partial charge in [-0.3, -0.25) is 10.1 Å². The van der Waals surface area contributed by atoms with Crippen molar-refractivity contribution in [3.05, 3.63) is 27.9 Å². The van der Waals surface area contributed by atoms with Crippen LogP contribution in [0.15, 0.2) is 12.3 Å². The molecule has 1 heterocycles. The molecule has 0 aromatic carbocycles. The highest BCUT2D eigenvalue weighted by Gasteiger charge is 2.25. The molecular weight excluding hydrogens is 278 g/mol. The van der Waals surface area contributed by atoms with Crippen molar-refractivity contribution in [3.63, 3.8) is 0 Å². The molecule has 21 heavy (non-hydrogen) atoms. The first-order valence-electron chi connectivity index (χ1n) is 6.71. The quantitative estimate of drug-likeness (QED) is 0.553. The molecule has 0 saturated heterocycles. The lowest BCUT2D eigenvalue weighted by atomic mass is 10.1. The van der Waals surface area contributed by atoms with E-state index in [-0.39, 0.29) is 36.3 Å². The van der Waals surface area contributed by atoms with Crippen LogP contribution in [0.1, 0.15) is 37.0 Å². The topological polar surface area (TPSA) is 117 Å². The molecule has 0 aliphatic rings. The Morgan fingerprint density at radius 2 is 2.10 bits per heavy atom. The number of nitro groups is 1. The van der Waals surface area contributed by atoms with Crippen LogP contribution in [0.2, 0.25) is 0 Å². The zero-order valence-electron chi connectivity index (χ0n) is 12.0. The predicted octanol–water partition coefficient (Wildman–Crippen LogP) is 1.68. The summed E-state index contributed by atoms with van der Waals surface area (Å²) in [6.07, 6.45) is 2.52. The van der Waals surface area contributed by atoms with Crippen LogP contribution in [-0.4, -0.2) is 45.3 Å². The fraction of sp³-hybridized carbons (Fsp3) is 0.538. The molecule has 8 heteroatoms. The van der Waals surface area contributed by atoms with Gasteiger partial charge in [-0.25, -0.2) is 9.78 Å². The molecule has 0 bridgehead atoms. The fourth-order valence-electron chi connectivity index (χ4n) is 2.23. The Bertz CT molecular complexity index is 517. The third-order valence-corrected chi connectivity index (χ3v) is 3.29. The van der Waals surface area contributed by atoms with Crippen molar-refractivity contribution in [2.24, 2.45) is 0 Å². The van der Waals surface area contributed by atoms with Gasteiger partial charge in [0, 0.05) is 18.7 Å². The number of aliphatic hydroxyl groups excluding tert-OH is 1. The van der Waals surface area contributed by atoms with E-state index in [4.69, 9.17) is 0 Å². The molecule has 0 spiro atoms. The highest BCUT2D eigenvalue weighted by Crippen LogP contribution is 2.25. The summed E-state index contributed by atoms with van der Waals surface area (Å²) in [6.45, 7) is 3.96. The number of hydrogen-bond acceptors (Lipinski definition) is 6. The van der Waals surface area contributed by atoms with Gasteiger partial charge in [0.05, 0.1) is 11.5 Å². The summed E-state index contributed by atoms with van der Waals surface area (Å²) >= 11 is 0. The zero-order chi connectivity index (χ0) is 16.0. The standard InChI is InChI=1S/C13H19N3O5/c1-3-9(4-2)15(5-6-17)12-11(13(18)19)7-10(8-14-12)16(20)21/h7-9,17H,3-6H2,1-2H3,(H,18,19). The van der Waals surface area contributed by atoms with Gasteiger partial charge < -0.3 is 15.1 Å². The van der Waals surface area contributed by atoms with E-state index in [2.05, 4.69) is 4.98 Å². The number of carboxylic acids is 1. The van der Waals surface area contributed by atoms with Crippen LogP contribution in [0.3, 0.4) is 0 Å². The molecule has 0 fully saturated rings.